The predicted octanol–water partition coefficient (Wildman–Crippen LogP) is 4.08. The van der Waals surface area contributed by atoms with Gasteiger partial charge in [-0.05, 0) is 50.2 Å². The summed E-state index contributed by atoms with van der Waals surface area (Å²) >= 11 is 1.48. The molecule has 0 heterocycles. The summed E-state index contributed by atoms with van der Waals surface area (Å²) in [4.78, 5) is 23.6. The monoisotopic (exact) mass is 347 g/mol. The SMILES string of the molecule is CCOC(=O)C(C)Oc1ccc(Sc2ccc([N+](=O)[O-])cc2)cc1. The van der Waals surface area contributed by atoms with Crippen molar-refractivity contribution in [3.05, 3.63) is 58.6 Å². The van der Waals surface area contributed by atoms with Crippen LogP contribution in [0.3, 0.4) is 0 Å². The van der Waals surface area contributed by atoms with E-state index in [2.05, 4.69) is 0 Å². The molecule has 0 fully saturated rings. The topological polar surface area (TPSA) is 78.7 Å². The molecule has 2 aromatic carbocycles. The first-order valence-electron chi connectivity index (χ1n) is 7.35. The summed E-state index contributed by atoms with van der Waals surface area (Å²) in [6.07, 6.45) is -0.668. The lowest BCUT2D eigenvalue weighted by Gasteiger charge is -2.13. The highest BCUT2D eigenvalue weighted by atomic mass is 32.2. The van der Waals surface area contributed by atoms with E-state index in [-0.39, 0.29) is 5.69 Å². The molecule has 0 aliphatic rings. The molecule has 0 saturated heterocycles. The molecule has 0 aliphatic heterocycles. The number of ether oxygens (including phenoxy) is 2. The van der Waals surface area contributed by atoms with Crippen LogP contribution in [0.1, 0.15) is 13.8 Å². The molecule has 0 aromatic heterocycles. The summed E-state index contributed by atoms with van der Waals surface area (Å²) < 4.78 is 10.4. The Morgan fingerprint density at radius 3 is 2.17 bits per heavy atom. The largest absolute Gasteiger partial charge is 0.479 e. The van der Waals surface area contributed by atoms with E-state index in [0.29, 0.717) is 12.4 Å². The van der Waals surface area contributed by atoms with E-state index in [1.807, 2.05) is 12.1 Å². The predicted molar refractivity (Wildman–Crippen MR) is 90.4 cm³/mol. The summed E-state index contributed by atoms with van der Waals surface area (Å²) in [5.74, 6) is 0.172. The fourth-order valence-electron chi connectivity index (χ4n) is 1.87. The van der Waals surface area contributed by atoms with Gasteiger partial charge in [-0.1, -0.05) is 11.8 Å². The van der Waals surface area contributed by atoms with Crippen LogP contribution >= 0.6 is 11.8 Å². The Labute approximate surface area is 143 Å². The van der Waals surface area contributed by atoms with Gasteiger partial charge in [-0.2, -0.15) is 0 Å². The van der Waals surface area contributed by atoms with Crippen molar-refractivity contribution in [3.63, 3.8) is 0 Å². The molecule has 0 spiro atoms. The number of carbonyl (C=O) groups is 1. The van der Waals surface area contributed by atoms with Crippen LogP contribution in [0.2, 0.25) is 0 Å². The molecule has 0 N–H and O–H groups in total. The Kier molecular flexibility index (Phi) is 6.20. The first-order valence-corrected chi connectivity index (χ1v) is 8.17. The van der Waals surface area contributed by atoms with Gasteiger partial charge in [-0.25, -0.2) is 4.79 Å². The minimum atomic E-state index is -0.668. The van der Waals surface area contributed by atoms with Gasteiger partial charge in [0.15, 0.2) is 6.10 Å². The van der Waals surface area contributed by atoms with Crippen LogP contribution in [0.5, 0.6) is 5.75 Å². The Balaban J connectivity index is 1.96. The number of hydrogen-bond acceptors (Lipinski definition) is 6. The third kappa shape index (κ3) is 4.99. The molecular formula is C17H17NO5S. The highest BCUT2D eigenvalue weighted by Crippen LogP contribution is 2.30. The maximum Gasteiger partial charge on any atom is 0.347 e. The highest BCUT2D eigenvalue weighted by molar-refractivity contribution is 7.99. The van der Waals surface area contributed by atoms with Crippen molar-refractivity contribution in [3.8, 4) is 5.75 Å². The lowest BCUT2D eigenvalue weighted by Crippen LogP contribution is -2.25. The molecule has 2 rings (SSSR count). The minimum Gasteiger partial charge on any atom is -0.479 e. The fraction of sp³-hybridized carbons (Fsp3) is 0.235. The van der Waals surface area contributed by atoms with Gasteiger partial charge in [0, 0.05) is 21.9 Å². The van der Waals surface area contributed by atoms with Gasteiger partial charge in [0.1, 0.15) is 5.75 Å². The van der Waals surface area contributed by atoms with E-state index < -0.39 is 17.0 Å². The van der Waals surface area contributed by atoms with Crippen molar-refractivity contribution in [1.29, 1.82) is 0 Å². The van der Waals surface area contributed by atoms with E-state index in [1.165, 1.54) is 23.9 Å². The Hall–Kier alpha value is -2.54. The van der Waals surface area contributed by atoms with Gasteiger partial charge in [-0.3, -0.25) is 10.1 Å². The molecule has 24 heavy (non-hydrogen) atoms. The molecule has 0 saturated carbocycles. The molecule has 0 radical (unpaired) electrons. The van der Waals surface area contributed by atoms with Gasteiger partial charge >= 0.3 is 5.97 Å². The third-order valence-electron chi connectivity index (χ3n) is 3.04. The average Bonchev–Trinajstić information content (AvgIpc) is 2.57. The van der Waals surface area contributed by atoms with Crippen molar-refractivity contribution in [2.75, 3.05) is 6.61 Å². The maximum absolute atomic E-state index is 11.5. The zero-order chi connectivity index (χ0) is 17.5. The van der Waals surface area contributed by atoms with Gasteiger partial charge in [0.05, 0.1) is 11.5 Å². The molecule has 7 heteroatoms. The van der Waals surface area contributed by atoms with Crippen molar-refractivity contribution in [2.24, 2.45) is 0 Å². The number of non-ortho nitro benzene ring substituents is 1. The van der Waals surface area contributed by atoms with E-state index in [0.717, 1.165) is 9.79 Å². The first kappa shape index (κ1) is 17.8. The molecule has 2 aromatic rings. The van der Waals surface area contributed by atoms with Crippen molar-refractivity contribution in [1.82, 2.24) is 0 Å². The second kappa shape index (κ2) is 8.35. The number of nitrogens with zero attached hydrogens (tertiary/aromatic N) is 1. The summed E-state index contributed by atoms with van der Waals surface area (Å²) in [5.41, 5.74) is 0.0658. The highest BCUT2D eigenvalue weighted by Gasteiger charge is 2.15. The number of carbonyl (C=O) groups excluding carboxylic acids is 1. The molecule has 0 amide bonds. The zero-order valence-corrected chi connectivity index (χ0v) is 14.1. The van der Waals surface area contributed by atoms with Crippen molar-refractivity contribution < 1.29 is 19.2 Å². The van der Waals surface area contributed by atoms with E-state index in [9.17, 15) is 14.9 Å². The van der Waals surface area contributed by atoms with Gasteiger partial charge in [0.2, 0.25) is 0 Å². The molecule has 0 bridgehead atoms. The quantitative estimate of drug-likeness (QED) is 0.427. The molecular weight excluding hydrogens is 330 g/mol. The van der Waals surface area contributed by atoms with Crippen LogP contribution in [0.25, 0.3) is 0 Å². The second-order valence-corrected chi connectivity index (χ2v) is 5.98. The van der Waals surface area contributed by atoms with Crippen LogP contribution in [0.15, 0.2) is 58.3 Å². The van der Waals surface area contributed by atoms with Crippen molar-refractivity contribution in [2.45, 2.75) is 29.7 Å². The van der Waals surface area contributed by atoms with E-state index >= 15 is 0 Å². The summed E-state index contributed by atoms with van der Waals surface area (Å²) in [6, 6.07) is 13.6. The lowest BCUT2D eigenvalue weighted by atomic mass is 10.3. The molecule has 0 aliphatic carbocycles. The average molecular weight is 347 g/mol. The standard InChI is InChI=1S/C17H17NO5S/c1-3-22-17(19)12(2)23-14-6-10-16(11-7-14)24-15-8-4-13(5-9-15)18(20)21/h4-12H,3H2,1-2H3. The van der Waals surface area contributed by atoms with E-state index in [1.54, 1.807) is 38.1 Å². The Morgan fingerprint density at radius 1 is 1.12 bits per heavy atom. The van der Waals surface area contributed by atoms with Crippen molar-refractivity contribution >= 4 is 23.4 Å². The Morgan fingerprint density at radius 2 is 1.67 bits per heavy atom. The van der Waals surface area contributed by atoms with Crippen LogP contribution in [-0.4, -0.2) is 23.6 Å². The third-order valence-corrected chi connectivity index (χ3v) is 4.05. The van der Waals surface area contributed by atoms with Gasteiger partial charge < -0.3 is 9.47 Å². The molecule has 1 atom stereocenters. The van der Waals surface area contributed by atoms with Crippen LogP contribution in [-0.2, 0) is 9.53 Å². The number of nitro groups is 1. The lowest BCUT2D eigenvalue weighted by molar-refractivity contribution is -0.384. The normalized spacial score (nSPS) is 11.6. The van der Waals surface area contributed by atoms with Gasteiger partial charge in [0.25, 0.3) is 5.69 Å². The molecule has 126 valence electrons. The van der Waals surface area contributed by atoms with Crippen LogP contribution in [0, 0.1) is 10.1 Å². The van der Waals surface area contributed by atoms with E-state index in [4.69, 9.17) is 9.47 Å². The summed E-state index contributed by atoms with van der Waals surface area (Å²) in [7, 11) is 0. The molecule has 1 unspecified atom stereocenters. The minimum absolute atomic E-state index is 0.0658. The molecule has 6 nitrogen and oxygen atoms in total. The summed E-state index contributed by atoms with van der Waals surface area (Å²) in [5, 5.41) is 10.6. The fourth-order valence-corrected chi connectivity index (χ4v) is 2.69. The van der Waals surface area contributed by atoms with Gasteiger partial charge in [-0.15, -0.1) is 0 Å². The number of nitro benzene ring substituents is 1. The number of benzene rings is 2. The number of hydrogen-bond donors (Lipinski definition) is 0. The zero-order valence-electron chi connectivity index (χ0n) is 13.3. The smallest absolute Gasteiger partial charge is 0.347 e. The van der Waals surface area contributed by atoms with Crippen LogP contribution < -0.4 is 4.74 Å². The summed E-state index contributed by atoms with van der Waals surface area (Å²) in [6.45, 7) is 3.70. The Bertz CT molecular complexity index is 700. The van der Waals surface area contributed by atoms with Crippen LogP contribution in [0.4, 0.5) is 5.69 Å². The number of esters is 1. The number of rotatable bonds is 7. The first-order chi connectivity index (χ1) is 11.5. The maximum atomic E-state index is 11.5. The second-order valence-electron chi connectivity index (χ2n) is 4.84.